The largest absolute Gasteiger partial charge is 0.336 e. The van der Waals surface area contributed by atoms with Crippen molar-refractivity contribution in [3.63, 3.8) is 0 Å². The third-order valence-corrected chi connectivity index (χ3v) is 2.47. The van der Waals surface area contributed by atoms with Crippen molar-refractivity contribution in [2.45, 2.75) is 32.2 Å². The quantitative estimate of drug-likeness (QED) is 0.659. The number of nitrogens with zero attached hydrogens (tertiary/aromatic N) is 1. The van der Waals surface area contributed by atoms with Crippen molar-refractivity contribution in [3.05, 3.63) is 12.2 Å². The molecule has 1 fully saturated rings. The van der Waals surface area contributed by atoms with E-state index >= 15 is 0 Å². The maximum absolute atomic E-state index is 11.5. The molecule has 1 unspecified atom stereocenters. The van der Waals surface area contributed by atoms with E-state index in [0.717, 1.165) is 25.8 Å². The Morgan fingerprint density at radius 2 is 2.46 bits per heavy atom. The lowest BCUT2D eigenvalue weighted by Crippen LogP contribution is -2.35. The minimum Gasteiger partial charge on any atom is -0.336 e. The molecule has 1 amide bonds. The fraction of sp³-hybridized carbons (Fsp3) is 0.700. The Morgan fingerprint density at radius 1 is 1.69 bits per heavy atom. The molecule has 1 rings (SSSR count). The van der Waals surface area contributed by atoms with Gasteiger partial charge in [0.15, 0.2) is 0 Å². The Kier molecular flexibility index (Phi) is 3.96. The summed E-state index contributed by atoms with van der Waals surface area (Å²) in [5, 5.41) is 0. The molecule has 74 valence electrons. The van der Waals surface area contributed by atoms with Gasteiger partial charge in [0.2, 0.25) is 5.91 Å². The number of nitrogens with two attached hydrogens (primary N) is 1. The fourth-order valence-corrected chi connectivity index (χ4v) is 1.86. The first-order valence-corrected chi connectivity index (χ1v) is 4.93. The van der Waals surface area contributed by atoms with Crippen LogP contribution in [0, 0.1) is 0 Å². The summed E-state index contributed by atoms with van der Waals surface area (Å²) in [4.78, 5) is 13.5. The highest BCUT2D eigenvalue weighted by Gasteiger charge is 2.26. The van der Waals surface area contributed by atoms with Crippen LogP contribution in [0.2, 0.25) is 0 Å². The smallest absolute Gasteiger partial charge is 0.246 e. The Hall–Kier alpha value is -0.830. The maximum Gasteiger partial charge on any atom is 0.246 e. The number of allylic oxidation sites excluding steroid dienone is 1. The summed E-state index contributed by atoms with van der Waals surface area (Å²) in [6.07, 6.45) is 6.59. The monoisotopic (exact) mass is 182 g/mol. The molecule has 13 heavy (non-hydrogen) atoms. The number of carbonyl (C=O) groups is 1. The molecule has 0 aliphatic carbocycles. The van der Waals surface area contributed by atoms with Gasteiger partial charge in [-0.25, -0.2) is 0 Å². The van der Waals surface area contributed by atoms with Gasteiger partial charge in [-0.15, -0.1) is 0 Å². The highest BCUT2D eigenvalue weighted by Crippen LogP contribution is 2.19. The lowest BCUT2D eigenvalue weighted by Gasteiger charge is -2.22. The maximum atomic E-state index is 11.5. The van der Waals surface area contributed by atoms with Gasteiger partial charge in [-0.1, -0.05) is 6.08 Å². The number of hydrogen-bond acceptors (Lipinski definition) is 2. The third-order valence-electron chi connectivity index (χ3n) is 2.47. The van der Waals surface area contributed by atoms with Gasteiger partial charge in [0.1, 0.15) is 0 Å². The first-order chi connectivity index (χ1) is 6.29. The van der Waals surface area contributed by atoms with E-state index in [-0.39, 0.29) is 5.91 Å². The van der Waals surface area contributed by atoms with Crippen LogP contribution in [0.1, 0.15) is 26.2 Å². The van der Waals surface area contributed by atoms with Crippen molar-refractivity contribution in [1.82, 2.24) is 4.90 Å². The van der Waals surface area contributed by atoms with Gasteiger partial charge in [-0.2, -0.15) is 0 Å². The van der Waals surface area contributed by atoms with Crippen LogP contribution in [-0.4, -0.2) is 29.9 Å². The molecule has 0 saturated carbocycles. The van der Waals surface area contributed by atoms with E-state index in [4.69, 9.17) is 5.73 Å². The van der Waals surface area contributed by atoms with Crippen LogP contribution in [0.15, 0.2) is 12.2 Å². The lowest BCUT2D eigenvalue weighted by atomic mass is 10.1. The molecule has 1 saturated heterocycles. The van der Waals surface area contributed by atoms with Gasteiger partial charge in [0.25, 0.3) is 0 Å². The van der Waals surface area contributed by atoms with Crippen molar-refractivity contribution in [3.8, 4) is 0 Å². The zero-order valence-corrected chi connectivity index (χ0v) is 8.20. The van der Waals surface area contributed by atoms with Crippen LogP contribution in [0.4, 0.5) is 0 Å². The minimum absolute atomic E-state index is 0.137. The number of likely N-dealkylation sites (tertiary alicyclic amines) is 1. The summed E-state index contributed by atoms with van der Waals surface area (Å²) < 4.78 is 0. The Balaban J connectivity index is 2.52. The lowest BCUT2D eigenvalue weighted by molar-refractivity contribution is -0.126. The molecule has 1 aliphatic rings. The molecule has 2 N–H and O–H groups in total. The van der Waals surface area contributed by atoms with E-state index in [1.165, 1.54) is 0 Å². The molecule has 3 heteroatoms. The fourth-order valence-electron chi connectivity index (χ4n) is 1.86. The number of rotatable bonds is 3. The summed E-state index contributed by atoms with van der Waals surface area (Å²) in [5.41, 5.74) is 5.49. The number of carbonyl (C=O) groups excluding carboxylic acids is 1. The molecule has 0 aromatic rings. The summed E-state index contributed by atoms with van der Waals surface area (Å²) in [5.74, 6) is 0.137. The third kappa shape index (κ3) is 2.56. The molecular formula is C10H18N2O. The first kappa shape index (κ1) is 10.3. The topological polar surface area (TPSA) is 46.3 Å². The predicted octanol–water partition coefficient (Wildman–Crippen LogP) is 0.902. The van der Waals surface area contributed by atoms with E-state index in [9.17, 15) is 4.79 Å². The molecule has 0 aromatic heterocycles. The van der Waals surface area contributed by atoms with Crippen LogP contribution >= 0.6 is 0 Å². The average molecular weight is 182 g/mol. The summed E-state index contributed by atoms with van der Waals surface area (Å²) in [6.45, 7) is 3.43. The second kappa shape index (κ2) is 5.02. The van der Waals surface area contributed by atoms with Gasteiger partial charge in [0.05, 0.1) is 0 Å². The zero-order chi connectivity index (χ0) is 9.68. The summed E-state index contributed by atoms with van der Waals surface area (Å²) >= 11 is 0. The second-order valence-corrected chi connectivity index (χ2v) is 3.41. The predicted molar refractivity (Wildman–Crippen MR) is 53.2 cm³/mol. The minimum atomic E-state index is 0.137. The van der Waals surface area contributed by atoms with Gasteiger partial charge in [-0.3, -0.25) is 4.79 Å². The molecule has 0 aromatic carbocycles. The normalized spacial score (nSPS) is 22.9. The van der Waals surface area contributed by atoms with Crippen molar-refractivity contribution < 1.29 is 4.79 Å². The van der Waals surface area contributed by atoms with Crippen molar-refractivity contribution in [1.29, 1.82) is 0 Å². The molecule has 0 spiro atoms. The van der Waals surface area contributed by atoms with Gasteiger partial charge < -0.3 is 10.6 Å². The standard InChI is InChI=1S/C10H18N2O/c1-2-4-10(13)12-8-3-5-9(12)6-7-11/h2,4,9H,3,5-8,11H2,1H3/b4-2+. The van der Waals surface area contributed by atoms with E-state index < -0.39 is 0 Å². The Labute approximate surface area is 79.6 Å². The summed E-state index contributed by atoms with van der Waals surface area (Å²) in [6, 6.07) is 0.383. The highest BCUT2D eigenvalue weighted by molar-refractivity contribution is 5.87. The van der Waals surface area contributed by atoms with Crippen LogP contribution in [-0.2, 0) is 4.79 Å². The van der Waals surface area contributed by atoms with E-state index in [2.05, 4.69) is 0 Å². The van der Waals surface area contributed by atoms with Crippen LogP contribution in [0.3, 0.4) is 0 Å². The Bertz CT molecular complexity index is 201. The van der Waals surface area contributed by atoms with Gasteiger partial charge in [0, 0.05) is 12.6 Å². The van der Waals surface area contributed by atoms with Crippen molar-refractivity contribution in [2.24, 2.45) is 5.73 Å². The molecule has 1 atom stereocenters. The van der Waals surface area contributed by atoms with Gasteiger partial charge in [-0.05, 0) is 38.8 Å². The van der Waals surface area contributed by atoms with Crippen LogP contribution in [0.5, 0.6) is 0 Å². The van der Waals surface area contributed by atoms with E-state index in [1.807, 2.05) is 11.8 Å². The van der Waals surface area contributed by atoms with E-state index in [0.29, 0.717) is 12.6 Å². The van der Waals surface area contributed by atoms with Crippen molar-refractivity contribution in [2.75, 3.05) is 13.1 Å². The number of hydrogen-bond donors (Lipinski definition) is 1. The zero-order valence-electron chi connectivity index (χ0n) is 8.20. The van der Waals surface area contributed by atoms with E-state index in [1.54, 1.807) is 12.2 Å². The molecule has 3 nitrogen and oxygen atoms in total. The van der Waals surface area contributed by atoms with Crippen LogP contribution < -0.4 is 5.73 Å². The number of amides is 1. The molecule has 1 heterocycles. The average Bonchev–Trinajstić information content (AvgIpc) is 2.54. The second-order valence-electron chi connectivity index (χ2n) is 3.41. The molecular weight excluding hydrogens is 164 g/mol. The summed E-state index contributed by atoms with van der Waals surface area (Å²) in [7, 11) is 0. The molecule has 1 aliphatic heterocycles. The Morgan fingerprint density at radius 3 is 3.08 bits per heavy atom. The molecule has 0 radical (unpaired) electrons. The van der Waals surface area contributed by atoms with Gasteiger partial charge >= 0.3 is 0 Å². The SMILES string of the molecule is C/C=C/C(=O)N1CCCC1CCN. The van der Waals surface area contributed by atoms with Crippen molar-refractivity contribution >= 4 is 5.91 Å². The van der Waals surface area contributed by atoms with Crippen LogP contribution in [0.25, 0.3) is 0 Å². The highest BCUT2D eigenvalue weighted by atomic mass is 16.2. The molecule has 0 bridgehead atoms. The first-order valence-electron chi connectivity index (χ1n) is 4.93.